The van der Waals surface area contributed by atoms with Gasteiger partial charge in [-0.3, -0.25) is 0 Å². The monoisotopic (exact) mass is 431 g/mol. The summed E-state index contributed by atoms with van der Waals surface area (Å²) in [7, 11) is 1.32. The molecule has 0 aliphatic rings. The number of furan rings is 1. The fourth-order valence-electron chi connectivity index (χ4n) is 3.74. The Balaban J connectivity index is 1.19. The lowest BCUT2D eigenvalue weighted by Crippen LogP contribution is -2.22. The lowest BCUT2D eigenvalue weighted by Gasteiger charge is -2.08. The normalized spacial score (nSPS) is 11.0. The van der Waals surface area contributed by atoms with Crippen LogP contribution in [-0.2, 0) is 11.2 Å². The van der Waals surface area contributed by atoms with Crippen molar-refractivity contribution in [2.45, 2.75) is 19.3 Å². The fraction of sp³-hybridized carbons (Fsp3) is 0.280. The predicted octanol–water partition coefficient (Wildman–Crippen LogP) is 4.56. The van der Waals surface area contributed by atoms with E-state index in [2.05, 4.69) is 16.4 Å². The minimum absolute atomic E-state index is 0.163. The van der Waals surface area contributed by atoms with Crippen LogP contribution in [0, 0.1) is 11.3 Å². The lowest BCUT2D eigenvalue weighted by atomic mass is 10.1. The molecule has 0 unspecified atom stereocenters. The van der Waals surface area contributed by atoms with E-state index in [1.807, 2.05) is 36.5 Å². The number of carbonyl (C=O) groups excluding carboxylic acids is 1. The molecule has 0 bridgehead atoms. The van der Waals surface area contributed by atoms with Crippen molar-refractivity contribution < 1.29 is 18.7 Å². The Morgan fingerprint density at radius 3 is 2.91 bits per heavy atom. The van der Waals surface area contributed by atoms with E-state index in [-0.39, 0.29) is 5.76 Å². The van der Waals surface area contributed by atoms with Crippen molar-refractivity contribution in [2.75, 3.05) is 26.8 Å². The maximum atomic E-state index is 11.7. The summed E-state index contributed by atoms with van der Waals surface area (Å²) in [4.78, 5) is 14.9. The zero-order valence-corrected chi connectivity index (χ0v) is 17.9. The number of H-pyrrole nitrogens is 1. The molecule has 0 radical (unpaired) electrons. The molecule has 0 fully saturated rings. The predicted molar refractivity (Wildman–Crippen MR) is 122 cm³/mol. The Morgan fingerprint density at radius 1 is 1.16 bits per heavy atom. The van der Waals surface area contributed by atoms with Gasteiger partial charge in [0.25, 0.3) is 0 Å². The van der Waals surface area contributed by atoms with E-state index in [4.69, 9.17) is 19.2 Å². The number of carbonyl (C=O) groups is 1. The molecule has 2 aromatic carbocycles. The second kappa shape index (κ2) is 10.0. The van der Waals surface area contributed by atoms with E-state index in [9.17, 15) is 4.79 Å². The van der Waals surface area contributed by atoms with Crippen molar-refractivity contribution >= 4 is 27.8 Å². The van der Waals surface area contributed by atoms with Crippen molar-refractivity contribution in [1.29, 1.82) is 5.26 Å². The molecule has 164 valence electrons. The van der Waals surface area contributed by atoms with Gasteiger partial charge in [-0.2, -0.15) is 5.26 Å². The van der Waals surface area contributed by atoms with E-state index in [0.29, 0.717) is 23.5 Å². The highest BCUT2D eigenvalue weighted by Crippen LogP contribution is 2.29. The number of esters is 1. The first kappa shape index (κ1) is 21.5. The van der Waals surface area contributed by atoms with Crippen LogP contribution in [-0.4, -0.2) is 37.8 Å². The van der Waals surface area contributed by atoms with E-state index in [1.54, 1.807) is 12.1 Å². The second-order valence-corrected chi connectivity index (χ2v) is 7.51. The quantitative estimate of drug-likeness (QED) is 0.282. The van der Waals surface area contributed by atoms with Gasteiger partial charge in [0, 0.05) is 29.7 Å². The molecular formula is C25H25N3O4. The number of methoxy groups -OCH3 is 1. The molecule has 2 N–H and O–H groups in total. The van der Waals surface area contributed by atoms with E-state index in [1.165, 1.54) is 12.7 Å². The summed E-state index contributed by atoms with van der Waals surface area (Å²) in [6.45, 7) is 2.13. The lowest BCUT2D eigenvalue weighted by molar-refractivity contribution is 0.0567. The van der Waals surface area contributed by atoms with Gasteiger partial charge in [-0.1, -0.05) is 6.07 Å². The molecule has 0 atom stereocenters. The number of aromatic amines is 1. The van der Waals surface area contributed by atoms with Gasteiger partial charge in [0.1, 0.15) is 17.9 Å². The smallest absolute Gasteiger partial charge is 0.373 e. The Kier molecular flexibility index (Phi) is 6.73. The van der Waals surface area contributed by atoms with Gasteiger partial charge in [-0.25, -0.2) is 4.79 Å². The average Bonchev–Trinajstić information content (AvgIpc) is 3.44. The number of rotatable bonds is 10. The molecule has 0 aliphatic carbocycles. The first-order chi connectivity index (χ1) is 15.7. The number of hydrogen-bond acceptors (Lipinski definition) is 6. The van der Waals surface area contributed by atoms with Crippen molar-refractivity contribution in [3.05, 3.63) is 65.5 Å². The highest BCUT2D eigenvalue weighted by Gasteiger charge is 2.15. The molecule has 0 amide bonds. The van der Waals surface area contributed by atoms with Crippen molar-refractivity contribution in [1.82, 2.24) is 10.3 Å². The topological polar surface area (TPSA) is 100 Å². The summed E-state index contributed by atoms with van der Waals surface area (Å²) in [5, 5.41) is 14.4. The molecule has 0 saturated carbocycles. The number of fused-ring (bicyclic) bond motifs is 2. The summed E-state index contributed by atoms with van der Waals surface area (Å²) < 4.78 is 16.1. The van der Waals surface area contributed by atoms with Crippen LogP contribution in [0.25, 0.3) is 21.9 Å². The summed E-state index contributed by atoms with van der Waals surface area (Å²) in [5.41, 5.74) is 3.60. The van der Waals surface area contributed by atoms with Crippen LogP contribution in [0.2, 0.25) is 0 Å². The number of benzene rings is 2. The average molecular weight is 431 g/mol. The molecule has 0 aliphatic heterocycles. The van der Waals surface area contributed by atoms with Gasteiger partial charge >= 0.3 is 5.97 Å². The third-order valence-electron chi connectivity index (χ3n) is 5.39. The summed E-state index contributed by atoms with van der Waals surface area (Å²) in [5.74, 6) is 0.335. The fourth-order valence-corrected chi connectivity index (χ4v) is 3.74. The Morgan fingerprint density at radius 2 is 2.06 bits per heavy atom. The maximum Gasteiger partial charge on any atom is 0.373 e. The number of nitriles is 1. The SMILES string of the molecule is COC(=O)c1cc2c(OCCNCCCCc3c[nH]c4ccc(C#N)cc34)cccc2o1. The minimum Gasteiger partial charge on any atom is -0.491 e. The van der Waals surface area contributed by atoms with E-state index >= 15 is 0 Å². The number of nitrogens with one attached hydrogen (secondary N) is 2. The third-order valence-corrected chi connectivity index (χ3v) is 5.39. The van der Waals surface area contributed by atoms with Crippen molar-refractivity contribution in [3.63, 3.8) is 0 Å². The van der Waals surface area contributed by atoms with Crippen LogP contribution in [0.15, 0.2) is 53.1 Å². The molecule has 7 nitrogen and oxygen atoms in total. The van der Waals surface area contributed by atoms with Gasteiger partial charge in [-0.05, 0) is 61.7 Å². The Labute approximate surface area is 185 Å². The van der Waals surface area contributed by atoms with Crippen LogP contribution in [0.4, 0.5) is 0 Å². The maximum absolute atomic E-state index is 11.7. The zero-order chi connectivity index (χ0) is 22.3. The number of ether oxygens (including phenoxy) is 2. The van der Waals surface area contributed by atoms with Crippen LogP contribution in [0.1, 0.15) is 34.5 Å². The Hall–Kier alpha value is -3.76. The van der Waals surface area contributed by atoms with Gasteiger partial charge in [0.2, 0.25) is 5.76 Å². The standard InChI is InChI=1S/C25H25N3O4/c1-30-25(29)24-14-20-22(6-4-7-23(20)32-24)31-12-11-27-10-3-2-5-18-16-28-21-9-8-17(15-26)13-19(18)21/h4,6-9,13-14,16,27-28H,2-3,5,10-12H2,1H3. The number of nitrogens with zero attached hydrogens (tertiary/aromatic N) is 1. The van der Waals surface area contributed by atoms with Gasteiger partial charge in [0.05, 0.1) is 24.1 Å². The molecule has 2 aromatic heterocycles. The molecule has 0 spiro atoms. The molecule has 32 heavy (non-hydrogen) atoms. The molecule has 2 heterocycles. The first-order valence-electron chi connectivity index (χ1n) is 10.6. The summed E-state index contributed by atoms with van der Waals surface area (Å²) >= 11 is 0. The zero-order valence-electron chi connectivity index (χ0n) is 17.9. The van der Waals surface area contributed by atoms with Crippen LogP contribution in [0.3, 0.4) is 0 Å². The van der Waals surface area contributed by atoms with Gasteiger partial charge in [-0.15, -0.1) is 0 Å². The molecule has 0 saturated heterocycles. The third kappa shape index (κ3) is 4.76. The number of aryl methyl sites for hydroxylation is 1. The summed E-state index contributed by atoms with van der Waals surface area (Å²) in [6.07, 6.45) is 5.11. The van der Waals surface area contributed by atoms with Crippen LogP contribution >= 0.6 is 0 Å². The Bertz CT molecular complexity index is 1270. The van der Waals surface area contributed by atoms with E-state index in [0.717, 1.165) is 48.6 Å². The molecule has 4 rings (SSSR count). The number of unbranched alkanes of at least 4 members (excludes halogenated alkanes) is 1. The van der Waals surface area contributed by atoms with Crippen molar-refractivity contribution in [2.24, 2.45) is 0 Å². The minimum atomic E-state index is -0.507. The van der Waals surface area contributed by atoms with Crippen molar-refractivity contribution in [3.8, 4) is 11.8 Å². The summed E-state index contributed by atoms with van der Waals surface area (Å²) in [6, 6.07) is 15.1. The first-order valence-corrected chi connectivity index (χ1v) is 10.6. The largest absolute Gasteiger partial charge is 0.491 e. The highest BCUT2D eigenvalue weighted by molar-refractivity contribution is 5.94. The number of aromatic nitrogens is 1. The van der Waals surface area contributed by atoms with Gasteiger partial charge in [0.15, 0.2) is 0 Å². The highest BCUT2D eigenvalue weighted by atomic mass is 16.5. The molecule has 7 heteroatoms. The van der Waals surface area contributed by atoms with Gasteiger partial charge < -0.3 is 24.2 Å². The van der Waals surface area contributed by atoms with Crippen LogP contribution in [0.5, 0.6) is 5.75 Å². The van der Waals surface area contributed by atoms with Crippen LogP contribution < -0.4 is 10.1 Å². The number of hydrogen-bond donors (Lipinski definition) is 2. The van der Waals surface area contributed by atoms with E-state index < -0.39 is 5.97 Å². The second-order valence-electron chi connectivity index (χ2n) is 7.51. The molecular weight excluding hydrogens is 406 g/mol. The molecule has 4 aromatic rings.